The second kappa shape index (κ2) is 8.03. The summed E-state index contributed by atoms with van der Waals surface area (Å²) in [6, 6.07) is 15.3. The predicted octanol–water partition coefficient (Wildman–Crippen LogP) is 2.85. The highest BCUT2D eigenvalue weighted by molar-refractivity contribution is 6.33. The van der Waals surface area contributed by atoms with Gasteiger partial charge in [-0.05, 0) is 30.2 Å². The highest BCUT2D eigenvalue weighted by Gasteiger charge is 2.18. The maximum atomic E-state index is 12.1. The molecule has 1 fully saturated rings. The van der Waals surface area contributed by atoms with E-state index < -0.39 is 0 Å². The van der Waals surface area contributed by atoms with E-state index >= 15 is 0 Å². The lowest BCUT2D eigenvalue weighted by molar-refractivity contribution is -0.120. The molecule has 5 nitrogen and oxygen atoms in total. The first-order valence-corrected chi connectivity index (χ1v) is 8.64. The van der Waals surface area contributed by atoms with Crippen molar-refractivity contribution < 1.29 is 9.59 Å². The number of carbonyl (C=O) groups is 2. The number of halogens is 1. The minimum Gasteiger partial charge on any atom is -0.359 e. The minimum absolute atomic E-state index is 0.0133. The summed E-state index contributed by atoms with van der Waals surface area (Å²) < 4.78 is 0. The van der Waals surface area contributed by atoms with Crippen LogP contribution < -0.4 is 15.5 Å². The van der Waals surface area contributed by atoms with Gasteiger partial charge in [0.1, 0.15) is 0 Å². The van der Waals surface area contributed by atoms with Crippen molar-refractivity contribution in [1.82, 2.24) is 5.32 Å². The SMILES string of the molecule is O=C1CN(c2ccc(NC(=O)CCc3ccccc3)cc2Cl)CCN1. The van der Waals surface area contributed by atoms with E-state index in [-0.39, 0.29) is 11.8 Å². The lowest BCUT2D eigenvalue weighted by Gasteiger charge is -2.29. The quantitative estimate of drug-likeness (QED) is 0.865. The van der Waals surface area contributed by atoms with Crippen LogP contribution in [0.5, 0.6) is 0 Å². The van der Waals surface area contributed by atoms with Gasteiger partial charge in [-0.1, -0.05) is 41.9 Å². The fourth-order valence-electron chi connectivity index (χ4n) is 2.81. The van der Waals surface area contributed by atoms with Gasteiger partial charge in [-0.2, -0.15) is 0 Å². The fourth-order valence-corrected chi connectivity index (χ4v) is 3.11. The van der Waals surface area contributed by atoms with E-state index in [0.717, 1.165) is 11.3 Å². The molecule has 2 aromatic carbocycles. The topological polar surface area (TPSA) is 61.4 Å². The molecule has 2 amide bonds. The number of nitrogens with one attached hydrogen (secondary N) is 2. The second-order valence-electron chi connectivity index (χ2n) is 5.97. The predicted molar refractivity (Wildman–Crippen MR) is 100 cm³/mol. The van der Waals surface area contributed by atoms with Crippen LogP contribution in [-0.2, 0) is 16.0 Å². The van der Waals surface area contributed by atoms with E-state index in [1.54, 1.807) is 6.07 Å². The molecule has 0 bridgehead atoms. The first kappa shape index (κ1) is 17.3. The van der Waals surface area contributed by atoms with Crippen LogP contribution in [0, 0.1) is 0 Å². The van der Waals surface area contributed by atoms with Crippen molar-refractivity contribution in [1.29, 1.82) is 0 Å². The van der Waals surface area contributed by atoms with E-state index in [4.69, 9.17) is 11.6 Å². The molecule has 25 heavy (non-hydrogen) atoms. The van der Waals surface area contributed by atoms with E-state index in [1.807, 2.05) is 47.4 Å². The van der Waals surface area contributed by atoms with Crippen LogP contribution in [0.3, 0.4) is 0 Å². The van der Waals surface area contributed by atoms with Gasteiger partial charge in [0, 0.05) is 25.2 Å². The van der Waals surface area contributed by atoms with Crippen LogP contribution in [0.4, 0.5) is 11.4 Å². The molecule has 0 unspecified atom stereocenters. The van der Waals surface area contributed by atoms with Crippen molar-refractivity contribution in [3.63, 3.8) is 0 Å². The largest absolute Gasteiger partial charge is 0.359 e. The Morgan fingerprint density at radius 1 is 1.20 bits per heavy atom. The summed E-state index contributed by atoms with van der Waals surface area (Å²) in [5.74, 6) is -0.0642. The van der Waals surface area contributed by atoms with Gasteiger partial charge in [0.2, 0.25) is 11.8 Å². The molecule has 0 atom stereocenters. The van der Waals surface area contributed by atoms with Gasteiger partial charge in [-0.3, -0.25) is 9.59 Å². The van der Waals surface area contributed by atoms with Crippen LogP contribution in [0.2, 0.25) is 5.02 Å². The van der Waals surface area contributed by atoms with E-state index in [9.17, 15) is 9.59 Å². The van der Waals surface area contributed by atoms with Gasteiger partial charge >= 0.3 is 0 Å². The van der Waals surface area contributed by atoms with E-state index in [2.05, 4.69) is 10.6 Å². The third-order valence-electron chi connectivity index (χ3n) is 4.09. The summed E-state index contributed by atoms with van der Waals surface area (Å²) in [4.78, 5) is 25.5. The third-order valence-corrected chi connectivity index (χ3v) is 4.40. The van der Waals surface area contributed by atoms with Crippen molar-refractivity contribution in [2.45, 2.75) is 12.8 Å². The number of carbonyl (C=O) groups excluding carboxylic acids is 2. The zero-order valence-corrected chi connectivity index (χ0v) is 14.6. The van der Waals surface area contributed by atoms with Crippen LogP contribution in [-0.4, -0.2) is 31.4 Å². The molecule has 0 spiro atoms. The number of nitrogens with zero attached hydrogens (tertiary/aromatic N) is 1. The molecule has 0 saturated carbocycles. The standard InChI is InChI=1S/C19H20ClN3O2/c20-16-12-15(7-8-17(16)23-11-10-21-19(25)13-23)22-18(24)9-6-14-4-2-1-3-5-14/h1-5,7-8,12H,6,9-11,13H2,(H,21,25)(H,22,24). The van der Waals surface area contributed by atoms with Gasteiger partial charge in [0.15, 0.2) is 0 Å². The summed E-state index contributed by atoms with van der Waals surface area (Å²) in [6.45, 7) is 1.61. The number of benzene rings is 2. The van der Waals surface area contributed by atoms with Crippen molar-refractivity contribution in [2.24, 2.45) is 0 Å². The molecule has 6 heteroatoms. The first-order chi connectivity index (χ1) is 12.1. The normalized spacial score (nSPS) is 14.1. The molecule has 2 aromatic rings. The van der Waals surface area contributed by atoms with Crippen LogP contribution >= 0.6 is 11.6 Å². The van der Waals surface area contributed by atoms with Crippen LogP contribution in [0.1, 0.15) is 12.0 Å². The lowest BCUT2D eigenvalue weighted by atomic mass is 10.1. The molecule has 3 rings (SSSR count). The molecule has 1 heterocycles. The molecule has 1 saturated heterocycles. The third kappa shape index (κ3) is 4.73. The summed E-state index contributed by atoms with van der Waals surface area (Å²) in [5.41, 5.74) is 2.60. The highest BCUT2D eigenvalue weighted by atomic mass is 35.5. The summed E-state index contributed by atoms with van der Waals surface area (Å²) in [7, 11) is 0. The zero-order valence-electron chi connectivity index (χ0n) is 13.8. The Balaban J connectivity index is 1.58. The number of piperazine rings is 1. The summed E-state index contributed by atoms with van der Waals surface area (Å²) in [6.07, 6.45) is 1.11. The monoisotopic (exact) mass is 357 g/mol. The van der Waals surface area contributed by atoms with Crippen molar-refractivity contribution in [3.8, 4) is 0 Å². The van der Waals surface area contributed by atoms with E-state index in [1.165, 1.54) is 0 Å². The Labute approximate surface area is 152 Å². The van der Waals surface area contributed by atoms with Gasteiger partial charge in [0.05, 0.1) is 17.3 Å². The van der Waals surface area contributed by atoms with Crippen LogP contribution in [0.25, 0.3) is 0 Å². The maximum absolute atomic E-state index is 12.1. The Hall–Kier alpha value is -2.53. The van der Waals surface area contributed by atoms with E-state index in [0.29, 0.717) is 43.2 Å². The van der Waals surface area contributed by atoms with Gasteiger partial charge in [-0.25, -0.2) is 0 Å². The van der Waals surface area contributed by atoms with Crippen molar-refractivity contribution in [2.75, 3.05) is 29.9 Å². The Kier molecular flexibility index (Phi) is 5.56. The molecular formula is C19H20ClN3O2. The average molecular weight is 358 g/mol. The Morgan fingerprint density at radius 3 is 2.72 bits per heavy atom. The number of rotatable bonds is 5. The average Bonchev–Trinajstić information content (AvgIpc) is 2.61. The molecule has 130 valence electrons. The molecule has 1 aliphatic heterocycles. The second-order valence-corrected chi connectivity index (χ2v) is 6.38. The molecule has 1 aliphatic rings. The zero-order chi connectivity index (χ0) is 17.6. The van der Waals surface area contributed by atoms with Crippen LogP contribution in [0.15, 0.2) is 48.5 Å². The Morgan fingerprint density at radius 2 is 2.00 bits per heavy atom. The molecule has 0 radical (unpaired) electrons. The van der Waals surface area contributed by atoms with Gasteiger partial charge in [0.25, 0.3) is 0 Å². The number of anilines is 2. The Bertz CT molecular complexity index is 765. The fraction of sp³-hybridized carbons (Fsp3) is 0.263. The smallest absolute Gasteiger partial charge is 0.239 e. The number of aryl methyl sites for hydroxylation is 1. The molecule has 0 aromatic heterocycles. The first-order valence-electron chi connectivity index (χ1n) is 8.27. The minimum atomic E-state index is -0.0509. The molecular weight excluding hydrogens is 338 g/mol. The maximum Gasteiger partial charge on any atom is 0.239 e. The summed E-state index contributed by atoms with van der Waals surface area (Å²) >= 11 is 6.34. The number of amides is 2. The molecule has 0 aliphatic carbocycles. The highest BCUT2D eigenvalue weighted by Crippen LogP contribution is 2.29. The van der Waals surface area contributed by atoms with Crippen molar-refractivity contribution in [3.05, 3.63) is 59.1 Å². The summed E-state index contributed by atoms with van der Waals surface area (Å²) in [5, 5.41) is 6.18. The van der Waals surface area contributed by atoms with Crippen molar-refractivity contribution >= 4 is 34.8 Å². The van der Waals surface area contributed by atoms with Gasteiger partial charge in [-0.15, -0.1) is 0 Å². The number of hydrogen-bond donors (Lipinski definition) is 2. The van der Waals surface area contributed by atoms with Gasteiger partial charge < -0.3 is 15.5 Å². The lowest BCUT2D eigenvalue weighted by Crippen LogP contribution is -2.47. The molecule has 2 N–H and O–H groups in total. The number of hydrogen-bond acceptors (Lipinski definition) is 3.